The fraction of sp³-hybridized carbons (Fsp3) is 0.500. The van der Waals surface area contributed by atoms with Crippen molar-refractivity contribution in [3.05, 3.63) is 21.6 Å². The maximum atomic E-state index is 11.9. The second kappa shape index (κ2) is 5.24. The lowest BCUT2D eigenvalue weighted by molar-refractivity contribution is 0.662. The highest BCUT2D eigenvalue weighted by atomic mass is 35.5. The summed E-state index contributed by atoms with van der Waals surface area (Å²) in [7, 11) is 0. The second-order valence-corrected chi connectivity index (χ2v) is 4.60. The third-order valence-electron chi connectivity index (χ3n) is 2.79. The predicted octanol–water partition coefficient (Wildman–Crippen LogP) is 1.74. The first-order chi connectivity index (χ1) is 8.22. The largest absolute Gasteiger partial charge is 0.379 e. The molecule has 1 aromatic rings. The Morgan fingerprint density at radius 3 is 3.06 bits per heavy atom. The van der Waals surface area contributed by atoms with E-state index in [0.717, 1.165) is 18.9 Å². The quantitative estimate of drug-likeness (QED) is 0.811. The number of nitrogens with zero attached hydrogens (tertiary/aromatic N) is 2. The van der Waals surface area contributed by atoms with Gasteiger partial charge in [-0.3, -0.25) is 4.79 Å². The number of hydrogen-bond acceptors (Lipinski definition) is 3. The van der Waals surface area contributed by atoms with E-state index < -0.39 is 0 Å². The number of nitrogens with one attached hydrogen (secondary N) is 1. The first kappa shape index (κ1) is 12.0. The molecule has 1 heterocycles. The lowest BCUT2D eigenvalue weighted by Gasteiger charge is -2.08. The number of halogens is 1. The number of rotatable bonds is 5. The summed E-state index contributed by atoms with van der Waals surface area (Å²) < 4.78 is 1.23. The third kappa shape index (κ3) is 3.01. The van der Waals surface area contributed by atoms with Crippen LogP contribution in [0.25, 0.3) is 0 Å². The Bertz CT molecular complexity index is 499. The highest BCUT2D eigenvalue weighted by molar-refractivity contribution is 6.32. The highest BCUT2D eigenvalue weighted by Crippen LogP contribution is 2.32. The topological polar surface area (TPSA) is 46.9 Å². The van der Waals surface area contributed by atoms with Crippen molar-refractivity contribution in [3.63, 3.8) is 0 Å². The Morgan fingerprint density at radius 1 is 1.65 bits per heavy atom. The Labute approximate surface area is 105 Å². The van der Waals surface area contributed by atoms with Crippen LogP contribution in [0.4, 0.5) is 5.69 Å². The molecule has 2 rings (SSSR count). The van der Waals surface area contributed by atoms with Gasteiger partial charge < -0.3 is 5.32 Å². The Balaban J connectivity index is 2.10. The standard InChI is InChI=1S/C12H14ClN3O/c1-2-7-16-12(17)11(10(13)8-15-16)14-6-5-9-3-4-9/h1,8-9,14H,3-7H2. The van der Waals surface area contributed by atoms with E-state index >= 15 is 0 Å². The zero-order valence-corrected chi connectivity index (χ0v) is 10.2. The van der Waals surface area contributed by atoms with Gasteiger partial charge in [-0.15, -0.1) is 6.42 Å². The van der Waals surface area contributed by atoms with Gasteiger partial charge in [0.1, 0.15) is 12.2 Å². The van der Waals surface area contributed by atoms with Gasteiger partial charge in [0.25, 0.3) is 5.56 Å². The molecule has 1 saturated carbocycles. The number of anilines is 1. The average Bonchev–Trinajstić information content (AvgIpc) is 3.11. The molecule has 0 spiro atoms. The van der Waals surface area contributed by atoms with Gasteiger partial charge in [0.15, 0.2) is 0 Å². The van der Waals surface area contributed by atoms with E-state index in [1.165, 1.54) is 23.7 Å². The van der Waals surface area contributed by atoms with Crippen LogP contribution in [0.15, 0.2) is 11.0 Å². The fourth-order valence-corrected chi connectivity index (χ4v) is 1.83. The van der Waals surface area contributed by atoms with E-state index in [0.29, 0.717) is 10.7 Å². The Morgan fingerprint density at radius 2 is 2.41 bits per heavy atom. The smallest absolute Gasteiger partial charge is 0.292 e. The van der Waals surface area contributed by atoms with Gasteiger partial charge in [-0.2, -0.15) is 5.10 Å². The minimum absolute atomic E-state index is 0.160. The van der Waals surface area contributed by atoms with Crippen LogP contribution < -0.4 is 10.9 Å². The second-order valence-electron chi connectivity index (χ2n) is 4.19. The van der Waals surface area contributed by atoms with Crippen molar-refractivity contribution in [1.82, 2.24) is 9.78 Å². The zero-order chi connectivity index (χ0) is 12.3. The minimum Gasteiger partial charge on any atom is -0.379 e. The third-order valence-corrected chi connectivity index (χ3v) is 3.08. The summed E-state index contributed by atoms with van der Waals surface area (Å²) in [5, 5.41) is 7.30. The van der Waals surface area contributed by atoms with Gasteiger partial charge in [0.2, 0.25) is 0 Å². The summed E-state index contributed by atoms with van der Waals surface area (Å²) in [6.45, 7) is 0.924. The van der Waals surface area contributed by atoms with Crippen molar-refractivity contribution in [2.45, 2.75) is 25.8 Å². The zero-order valence-electron chi connectivity index (χ0n) is 9.45. The van der Waals surface area contributed by atoms with Crippen LogP contribution in [0.2, 0.25) is 5.02 Å². The molecule has 1 aliphatic rings. The Hall–Kier alpha value is -1.47. The molecule has 5 heteroatoms. The molecule has 0 saturated heterocycles. The van der Waals surface area contributed by atoms with Crippen molar-refractivity contribution in [2.24, 2.45) is 5.92 Å². The molecule has 0 atom stereocenters. The van der Waals surface area contributed by atoms with E-state index in [4.69, 9.17) is 18.0 Å². The Kier molecular flexibility index (Phi) is 3.70. The van der Waals surface area contributed by atoms with Gasteiger partial charge in [-0.1, -0.05) is 30.4 Å². The number of terminal acetylenes is 1. The summed E-state index contributed by atoms with van der Waals surface area (Å²) in [6.07, 6.45) is 10.3. The van der Waals surface area contributed by atoms with Crippen LogP contribution in [0.5, 0.6) is 0 Å². The van der Waals surface area contributed by atoms with Crippen molar-refractivity contribution in [2.75, 3.05) is 11.9 Å². The highest BCUT2D eigenvalue weighted by Gasteiger charge is 2.20. The fourth-order valence-electron chi connectivity index (χ4n) is 1.64. The molecule has 4 nitrogen and oxygen atoms in total. The van der Waals surface area contributed by atoms with Crippen molar-refractivity contribution >= 4 is 17.3 Å². The number of aromatic nitrogens is 2. The minimum atomic E-state index is -0.258. The van der Waals surface area contributed by atoms with Gasteiger partial charge >= 0.3 is 0 Å². The van der Waals surface area contributed by atoms with Crippen LogP contribution in [0, 0.1) is 18.3 Å². The molecule has 0 aliphatic heterocycles. The molecule has 1 aromatic heterocycles. The monoisotopic (exact) mass is 251 g/mol. The normalized spacial score (nSPS) is 14.4. The van der Waals surface area contributed by atoms with Crippen LogP contribution >= 0.6 is 11.6 Å². The van der Waals surface area contributed by atoms with Gasteiger partial charge in [0, 0.05) is 6.54 Å². The first-order valence-electron chi connectivity index (χ1n) is 5.65. The van der Waals surface area contributed by atoms with Gasteiger partial charge in [-0.25, -0.2) is 4.68 Å². The molecular formula is C12H14ClN3O. The molecule has 0 unspecified atom stereocenters. The van der Waals surface area contributed by atoms with Crippen molar-refractivity contribution < 1.29 is 0 Å². The molecule has 17 heavy (non-hydrogen) atoms. The summed E-state index contributed by atoms with van der Waals surface area (Å²) >= 11 is 5.94. The maximum absolute atomic E-state index is 11.9. The summed E-state index contributed by atoms with van der Waals surface area (Å²) in [4.78, 5) is 11.9. The molecule has 1 fully saturated rings. The summed E-state index contributed by atoms with van der Waals surface area (Å²) in [5.41, 5.74) is 0.142. The van der Waals surface area contributed by atoms with Gasteiger partial charge in [0.05, 0.1) is 11.2 Å². The molecular weight excluding hydrogens is 238 g/mol. The molecule has 0 radical (unpaired) electrons. The lowest BCUT2D eigenvalue weighted by atomic mass is 10.3. The molecule has 0 bridgehead atoms. The average molecular weight is 252 g/mol. The van der Waals surface area contributed by atoms with E-state index in [1.54, 1.807) is 0 Å². The summed E-state index contributed by atoms with van der Waals surface area (Å²) in [5.74, 6) is 3.20. The molecule has 1 N–H and O–H groups in total. The molecule has 0 amide bonds. The van der Waals surface area contributed by atoms with E-state index in [-0.39, 0.29) is 12.1 Å². The van der Waals surface area contributed by atoms with E-state index in [2.05, 4.69) is 16.3 Å². The van der Waals surface area contributed by atoms with Crippen LogP contribution in [-0.2, 0) is 6.54 Å². The van der Waals surface area contributed by atoms with Crippen LogP contribution in [-0.4, -0.2) is 16.3 Å². The maximum Gasteiger partial charge on any atom is 0.292 e. The first-order valence-corrected chi connectivity index (χ1v) is 6.03. The molecule has 1 aliphatic carbocycles. The molecule has 90 valence electrons. The van der Waals surface area contributed by atoms with Crippen LogP contribution in [0.1, 0.15) is 19.3 Å². The molecule has 0 aromatic carbocycles. The number of hydrogen-bond donors (Lipinski definition) is 1. The predicted molar refractivity (Wildman–Crippen MR) is 68.2 cm³/mol. The van der Waals surface area contributed by atoms with E-state index in [1.807, 2.05) is 0 Å². The summed E-state index contributed by atoms with van der Waals surface area (Å²) in [6, 6.07) is 0. The SMILES string of the molecule is C#CCn1ncc(Cl)c(NCCC2CC2)c1=O. The van der Waals surface area contributed by atoms with Gasteiger partial charge in [-0.05, 0) is 12.3 Å². The van der Waals surface area contributed by atoms with Crippen LogP contribution in [0.3, 0.4) is 0 Å². The van der Waals surface area contributed by atoms with Crippen molar-refractivity contribution in [1.29, 1.82) is 0 Å². The van der Waals surface area contributed by atoms with E-state index in [9.17, 15) is 4.79 Å². The lowest BCUT2D eigenvalue weighted by Crippen LogP contribution is -2.26. The van der Waals surface area contributed by atoms with Crippen molar-refractivity contribution in [3.8, 4) is 12.3 Å².